The van der Waals surface area contributed by atoms with E-state index in [0.29, 0.717) is 0 Å². The first-order chi connectivity index (χ1) is 2.50. The van der Waals surface area contributed by atoms with Gasteiger partial charge in [0.1, 0.15) is 0 Å². The average molecular weight is 108 g/mol. The second-order valence-electron chi connectivity index (χ2n) is 0.766. The third-order valence-corrected chi connectivity index (χ3v) is 0.406. The Hall–Kier alpha value is 0.846. The number of hydrogen-bond donors (Lipinski definition) is 1. The van der Waals surface area contributed by atoms with Gasteiger partial charge in [-0.2, -0.15) is 5.10 Å². The van der Waals surface area contributed by atoms with Gasteiger partial charge in [-0.3, -0.25) is 5.10 Å². The van der Waals surface area contributed by atoms with Gasteiger partial charge in [0.25, 0.3) is 0 Å². The number of rotatable bonds is 0. The molecule has 1 aromatic heterocycles. The predicted octanol–water partition coefficient (Wildman–Crippen LogP) is -2.47. The molecule has 0 spiro atoms. The van der Waals surface area contributed by atoms with Crippen LogP contribution in [0, 0.1) is 0 Å². The summed E-state index contributed by atoms with van der Waals surface area (Å²) in [5.74, 6) is 0. The number of H-pyrrole nitrogens is 1. The van der Waals surface area contributed by atoms with Crippen molar-refractivity contribution in [1.82, 2.24) is 10.2 Å². The summed E-state index contributed by atoms with van der Waals surface area (Å²) in [6.07, 6.45) is 3.46. The van der Waals surface area contributed by atoms with Crippen molar-refractivity contribution in [2.24, 2.45) is 0 Å². The van der Waals surface area contributed by atoms with Gasteiger partial charge in [0.05, 0.1) is 0 Å². The van der Waals surface area contributed by atoms with Crippen LogP contribution in [0.15, 0.2) is 18.5 Å². The fraction of sp³-hybridized carbons (Fsp3) is 0. The first-order valence-electron chi connectivity index (χ1n) is 1.44. The van der Waals surface area contributed by atoms with Crippen LogP contribution < -0.4 is 51.4 Å². The van der Waals surface area contributed by atoms with Crippen LogP contribution in [0.4, 0.5) is 0 Å². The van der Waals surface area contributed by atoms with E-state index < -0.39 is 0 Å². The van der Waals surface area contributed by atoms with E-state index in [-0.39, 0.29) is 52.8 Å². The van der Waals surface area contributed by atoms with Crippen LogP contribution in [0.2, 0.25) is 0 Å². The van der Waals surface area contributed by atoms with Crippen LogP contribution in [-0.4, -0.2) is 10.2 Å². The van der Waals surface area contributed by atoms with Crippen LogP contribution >= 0.6 is 0 Å². The quantitative estimate of drug-likeness (QED) is 0.366. The van der Waals surface area contributed by atoms with Gasteiger partial charge < -0.3 is 1.43 Å². The summed E-state index contributed by atoms with van der Waals surface area (Å²) in [4.78, 5) is 0. The number of nitrogens with zero attached hydrogens (tertiary/aromatic N) is 1. The van der Waals surface area contributed by atoms with Gasteiger partial charge in [-0.25, -0.2) is 0 Å². The standard InChI is InChI=1S/C3H4N2.K.H/c1-2-4-5-3-1;;/h1-3H,(H,4,5);;/q;+1;-1. The Labute approximate surface area is 80.2 Å². The molecule has 1 N–H and O–H groups in total. The molecule has 2 nitrogen and oxygen atoms in total. The summed E-state index contributed by atoms with van der Waals surface area (Å²) in [5, 5.41) is 6.21. The predicted molar refractivity (Wildman–Crippen MR) is 19.7 cm³/mol. The molecule has 0 fully saturated rings. The van der Waals surface area contributed by atoms with Gasteiger partial charge in [-0.1, -0.05) is 0 Å². The molecule has 1 heterocycles. The van der Waals surface area contributed by atoms with Gasteiger partial charge >= 0.3 is 51.4 Å². The average Bonchev–Trinajstić information content (AvgIpc) is 1.76. The van der Waals surface area contributed by atoms with E-state index in [9.17, 15) is 0 Å². The Bertz CT molecular complexity index is 69.4. The molecule has 6 heavy (non-hydrogen) atoms. The molecule has 0 unspecified atom stereocenters. The Kier molecular flexibility index (Phi) is 4.58. The molecule has 0 radical (unpaired) electrons. The van der Waals surface area contributed by atoms with Crippen molar-refractivity contribution in [1.29, 1.82) is 0 Å². The first-order valence-corrected chi connectivity index (χ1v) is 1.44. The minimum atomic E-state index is 0. The molecule has 0 atom stereocenters. The molecule has 0 aliphatic carbocycles. The minimum absolute atomic E-state index is 0. The van der Waals surface area contributed by atoms with Gasteiger partial charge in [-0.05, 0) is 6.07 Å². The minimum Gasteiger partial charge on any atom is -1.00 e. The van der Waals surface area contributed by atoms with E-state index in [1.807, 2.05) is 6.07 Å². The smallest absolute Gasteiger partial charge is 1.00 e. The third kappa shape index (κ3) is 2.10. The number of hydrogen-bond acceptors (Lipinski definition) is 1. The van der Waals surface area contributed by atoms with E-state index >= 15 is 0 Å². The molecule has 0 aliphatic heterocycles. The first kappa shape index (κ1) is 6.85. The largest absolute Gasteiger partial charge is 1.00 e. The van der Waals surface area contributed by atoms with Crippen molar-refractivity contribution in [3.05, 3.63) is 18.5 Å². The van der Waals surface area contributed by atoms with Crippen molar-refractivity contribution in [3.8, 4) is 0 Å². The Morgan fingerprint density at radius 1 is 1.67 bits per heavy atom. The van der Waals surface area contributed by atoms with Gasteiger partial charge in [0.15, 0.2) is 0 Å². The maximum absolute atomic E-state index is 3.60. The molecule has 0 amide bonds. The zero-order valence-corrected chi connectivity index (χ0v) is 6.80. The summed E-state index contributed by atoms with van der Waals surface area (Å²) < 4.78 is 0. The fourth-order valence-corrected chi connectivity index (χ4v) is 0.215. The van der Waals surface area contributed by atoms with Crippen molar-refractivity contribution in [2.75, 3.05) is 0 Å². The van der Waals surface area contributed by atoms with Crippen LogP contribution in [0.3, 0.4) is 0 Å². The summed E-state index contributed by atoms with van der Waals surface area (Å²) in [6, 6.07) is 1.83. The maximum atomic E-state index is 3.60. The van der Waals surface area contributed by atoms with E-state index in [2.05, 4.69) is 10.2 Å². The van der Waals surface area contributed by atoms with Gasteiger partial charge in [0.2, 0.25) is 0 Å². The molecule has 0 saturated carbocycles. The molecule has 0 aliphatic rings. The Morgan fingerprint density at radius 2 is 2.50 bits per heavy atom. The normalized spacial score (nSPS) is 6.67. The van der Waals surface area contributed by atoms with Gasteiger partial charge in [0, 0.05) is 12.4 Å². The topological polar surface area (TPSA) is 28.7 Å². The molecule has 28 valence electrons. The summed E-state index contributed by atoms with van der Waals surface area (Å²) in [7, 11) is 0. The zero-order chi connectivity index (χ0) is 3.54. The fourth-order valence-electron chi connectivity index (χ4n) is 0.215. The second kappa shape index (κ2) is 4.02. The number of nitrogens with one attached hydrogen (secondary N) is 1. The molecular formula is C3H5KN2. The van der Waals surface area contributed by atoms with Crippen molar-refractivity contribution in [2.45, 2.75) is 0 Å². The Balaban J connectivity index is 0. The van der Waals surface area contributed by atoms with Gasteiger partial charge in [-0.15, -0.1) is 0 Å². The van der Waals surface area contributed by atoms with Crippen molar-refractivity contribution in [3.63, 3.8) is 0 Å². The summed E-state index contributed by atoms with van der Waals surface area (Å²) in [6.45, 7) is 0. The van der Waals surface area contributed by atoms with Crippen LogP contribution in [0.25, 0.3) is 0 Å². The SMILES string of the molecule is [H-].[K+].c1cn[nH]c1. The molecule has 0 bridgehead atoms. The molecule has 0 saturated heterocycles. The van der Waals surface area contributed by atoms with Crippen molar-refractivity contribution >= 4 is 0 Å². The maximum Gasteiger partial charge on any atom is 1.00 e. The Morgan fingerprint density at radius 3 is 2.67 bits per heavy atom. The van der Waals surface area contributed by atoms with E-state index in [0.717, 1.165) is 0 Å². The van der Waals surface area contributed by atoms with E-state index in [1.54, 1.807) is 12.4 Å². The number of aromatic amines is 1. The summed E-state index contributed by atoms with van der Waals surface area (Å²) >= 11 is 0. The second-order valence-corrected chi connectivity index (χ2v) is 0.766. The molecule has 1 rings (SSSR count). The van der Waals surface area contributed by atoms with Crippen molar-refractivity contribution < 1.29 is 52.8 Å². The van der Waals surface area contributed by atoms with Crippen LogP contribution in [-0.2, 0) is 0 Å². The summed E-state index contributed by atoms with van der Waals surface area (Å²) in [5.41, 5.74) is 0. The zero-order valence-electron chi connectivity index (χ0n) is 4.68. The van der Waals surface area contributed by atoms with E-state index in [1.165, 1.54) is 0 Å². The monoisotopic (exact) mass is 108 g/mol. The molecule has 3 heteroatoms. The third-order valence-electron chi connectivity index (χ3n) is 0.406. The molecule has 0 aromatic carbocycles. The molecular weight excluding hydrogens is 103 g/mol. The van der Waals surface area contributed by atoms with Crippen LogP contribution in [0.5, 0.6) is 0 Å². The van der Waals surface area contributed by atoms with E-state index in [4.69, 9.17) is 0 Å². The molecule has 1 aromatic rings. The number of aromatic nitrogens is 2. The van der Waals surface area contributed by atoms with Crippen LogP contribution in [0.1, 0.15) is 1.43 Å².